The Kier molecular flexibility index (Phi) is 4.64. The van der Waals surface area contributed by atoms with Gasteiger partial charge in [0.1, 0.15) is 6.17 Å². The first-order valence-corrected chi connectivity index (χ1v) is 10.1. The Morgan fingerprint density at radius 3 is 2.78 bits per heavy atom. The van der Waals surface area contributed by atoms with Gasteiger partial charge in [-0.15, -0.1) is 23.2 Å². The van der Waals surface area contributed by atoms with E-state index in [1.807, 2.05) is 0 Å². The minimum absolute atomic E-state index is 0.0219. The summed E-state index contributed by atoms with van der Waals surface area (Å²) in [5, 5.41) is 3.39. The summed E-state index contributed by atoms with van der Waals surface area (Å²) in [5.41, 5.74) is 1.36. The molecular formula is C18H26Cl2N2O. The van der Waals surface area contributed by atoms with Crippen molar-refractivity contribution in [2.75, 3.05) is 6.54 Å². The molecule has 2 heterocycles. The van der Waals surface area contributed by atoms with Crippen LogP contribution in [0, 0.1) is 11.8 Å². The lowest BCUT2D eigenvalue weighted by atomic mass is 9.81. The molecule has 5 heteroatoms. The Morgan fingerprint density at radius 2 is 1.91 bits per heavy atom. The molecule has 0 aromatic carbocycles. The molecule has 2 saturated carbocycles. The molecule has 6 atom stereocenters. The van der Waals surface area contributed by atoms with Crippen LogP contribution in [-0.4, -0.2) is 40.3 Å². The summed E-state index contributed by atoms with van der Waals surface area (Å²) in [6, 6.07) is 0.451. The molecule has 128 valence electrons. The van der Waals surface area contributed by atoms with Crippen LogP contribution in [0.5, 0.6) is 0 Å². The molecule has 23 heavy (non-hydrogen) atoms. The molecule has 1 N–H and O–H groups in total. The quantitative estimate of drug-likeness (QED) is 0.574. The van der Waals surface area contributed by atoms with Crippen LogP contribution in [0.1, 0.15) is 51.4 Å². The van der Waals surface area contributed by atoms with Crippen molar-refractivity contribution in [1.82, 2.24) is 10.2 Å². The Bertz CT molecular complexity index is 509. The number of allylic oxidation sites excluding steroid dienone is 1. The molecule has 0 aromatic heterocycles. The first-order chi connectivity index (χ1) is 11.1. The summed E-state index contributed by atoms with van der Waals surface area (Å²) in [4.78, 5) is 15.1. The predicted octanol–water partition coefficient (Wildman–Crippen LogP) is 3.65. The van der Waals surface area contributed by atoms with Crippen LogP contribution in [0.15, 0.2) is 11.6 Å². The highest BCUT2D eigenvalue weighted by Gasteiger charge is 2.46. The molecule has 2 aliphatic heterocycles. The second-order valence-corrected chi connectivity index (χ2v) is 8.72. The molecule has 4 rings (SSSR count). The van der Waals surface area contributed by atoms with Gasteiger partial charge in [-0.25, -0.2) is 0 Å². The third-order valence-corrected chi connectivity index (χ3v) is 7.56. The second kappa shape index (κ2) is 6.57. The first-order valence-electron chi connectivity index (χ1n) is 9.20. The van der Waals surface area contributed by atoms with Gasteiger partial charge in [0, 0.05) is 12.6 Å². The minimum atomic E-state index is 0.0219. The standard InChI is InChI=1S/C18H26Cl2N2O/c19-14-6-3-4-11(16(14)20)10-12-8-9-22-15-7-2-1-5-13(15)18(23)21-17(12)22/h10-11,13-17H,1-9H2,(H,21,23)/b12-10+. The first kappa shape index (κ1) is 16.2. The SMILES string of the molecule is O=C1NC2/C(=C/C3CCCC(Cl)C3Cl)CCN2C2CCCCC12. The number of alkyl halides is 2. The highest BCUT2D eigenvalue weighted by molar-refractivity contribution is 6.30. The van der Waals surface area contributed by atoms with Gasteiger partial charge in [-0.05, 0) is 43.6 Å². The van der Waals surface area contributed by atoms with Crippen molar-refractivity contribution >= 4 is 29.1 Å². The Hall–Kier alpha value is -0.250. The van der Waals surface area contributed by atoms with Crippen molar-refractivity contribution in [3.63, 3.8) is 0 Å². The number of hydrogen-bond donors (Lipinski definition) is 1. The van der Waals surface area contributed by atoms with E-state index in [-0.39, 0.29) is 28.7 Å². The van der Waals surface area contributed by atoms with Crippen LogP contribution in [0.3, 0.4) is 0 Å². The zero-order chi connectivity index (χ0) is 16.0. The zero-order valence-electron chi connectivity index (χ0n) is 13.5. The zero-order valence-corrected chi connectivity index (χ0v) is 15.0. The number of nitrogens with one attached hydrogen (secondary N) is 1. The van der Waals surface area contributed by atoms with E-state index >= 15 is 0 Å². The topological polar surface area (TPSA) is 32.3 Å². The normalized spacial score (nSPS) is 46.3. The van der Waals surface area contributed by atoms with E-state index in [0.29, 0.717) is 12.0 Å². The van der Waals surface area contributed by atoms with E-state index in [2.05, 4.69) is 16.3 Å². The molecule has 0 bridgehead atoms. The van der Waals surface area contributed by atoms with E-state index in [4.69, 9.17) is 23.2 Å². The average Bonchev–Trinajstić information content (AvgIpc) is 2.95. The number of carbonyl (C=O) groups is 1. The molecule has 2 saturated heterocycles. The maximum atomic E-state index is 12.5. The molecule has 0 spiro atoms. The molecule has 3 nitrogen and oxygen atoms in total. The van der Waals surface area contributed by atoms with Gasteiger partial charge >= 0.3 is 0 Å². The van der Waals surface area contributed by atoms with E-state index < -0.39 is 0 Å². The summed E-state index contributed by atoms with van der Waals surface area (Å²) in [5.74, 6) is 0.830. The third-order valence-electron chi connectivity index (χ3n) is 6.31. The van der Waals surface area contributed by atoms with Crippen molar-refractivity contribution < 1.29 is 4.79 Å². The van der Waals surface area contributed by atoms with Gasteiger partial charge in [-0.2, -0.15) is 0 Å². The smallest absolute Gasteiger partial charge is 0.226 e. The molecule has 4 fully saturated rings. The number of halogens is 2. The summed E-state index contributed by atoms with van der Waals surface area (Å²) in [6.07, 6.45) is 11.5. The number of hydrogen-bond acceptors (Lipinski definition) is 2. The average molecular weight is 357 g/mol. The number of amides is 1. The second-order valence-electron chi connectivity index (χ2n) is 7.65. The Balaban J connectivity index is 1.53. The molecule has 0 radical (unpaired) electrons. The highest BCUT2D eigenvalue weighted by atomic mass is 35.5. The predicted molar refractivity (Wildman–Crippen MR) is 93.7 cm³/mol. The number of nitrogens with zero attached hydrogens (tertiary/aromatic N) is 1. The molecular weight excluding hydrogens is 331 g/mol. The van der Waals surface area contributed by atoms with Crippen molar-refractivity contribution in [2.24, 2.45) is 11.8 Å². The maximum Gasteiger partial charge on any atom is 0.226 e. The molecule has 1 amide bonds. The summed E-state index contributed by atoms with van der Waals surface area (Å²) in [7, 11) is 0. The lowest BCUT2D eigenvalue weighted by Crippen LogP contribution is -2.61. The monoisotopic (exact) mass is 356 g/mol. The van der Waals surface area contributed by atoms with Crippen molar-refractivity contribution in [3.05, 3.63) is 11.6 Å². The molecule has 0 aromatic rings. The van der Waals surface area contributed by atoms with E-state index in [1.165, 1.54) is 24.8 Å². The Labute approximate surface area is 148 Å². The van der Waals surface area contributed by atoms with Crippen LogP contribution >= 0.6 is 23.2 Å². The largest absolute Gasteiger partial charge is 0.336 e. The van der Waals surface area contributed by atoms with E-state index in [0.717, 1.165) is 38.6 Å². The summed E-state index contributed by atoms with van der Waals surface area (Å²) < 4.78 is 0. The molecule has 6 unspecified atom stereocenters. The number of fused-ring (bicyclic) bond motifs is 3. The fraction of sp³-hybridized carbons (Fsp3) is 0.833. The number of carbonyl (C=O) groups excluding carboxylic acids is 1. The highest BCUT2D eigenvalue weighted by Crippen LogP contribution is 2.40. The summed E-state index contributed by atoms with van der Waals surface area (Å²) >= 11 is 12.9. The van der Waals surface area contributed by atoms with Crippen molar-refractivity contribution in [1.29, 1.82) is 0 Å². The van der Waals surface area contributed by atoms with Crippen molar-refractivity contribution in [2.45, 2.75) is 74.3 Å². The van der Waals surface area contributed by atoms with Crippen LogP contribution in [0.25, 0.3) is 0 Å². The van der Waals surface area contributed by atoms with Gasteiger partial charge < -0.3 is 5.32 Å². The lowest BCUT2D eigenvalue weighted by Gasteiger charge is -2.45. The molecule has 2 aliphatic carbocycles. The van der Waals surface area contributed by atoms with Gasteiger partial charge in [0.05, 0.1) is 16.7 Å². The fourth-order valence-electron chi connectivity index (χ4n) is 5.09. The minimum Gasteiger partial charge on any atom is -0.336 e. The van der Waals surface area contributed by atoms with Gasteiger partial charge in [-0.1, -0.05) is 25.3 Å². The van der Waals surface area contributed by atoms with Gasteiger partial charge in [0.15, 0.2) is 0 Å². The van der Waals surface area contributed by atoms with Crippen LogP contribution < -0.4 is 5.32 Å². The van der Waals surface area contributed by atoms with Crippen LogP contribution in [-0.2, 0) is 4.79 Å². The Morgan fingerprint density at radius 1 is 1.09 bits per heavy atom. The van der Waals surface area contributed by atoms with E-state index in [9.17, 15) is 4.79 Å². The van der Waals surface area contributed by atoms with Gasteiger partial charge in [0.25, 0.3) is 0 Å². The fourth-order valence-corrected chi connectivity index (χ4v) is 5.75. The summed E-state index contributed by atoms with van der Waals surface area (Å²) in [6.45, 7) is 1.07. The number of rotatable bonds is 1. The van der Waals surface area contributed by atoms with Gasteiger partial charge in [0.2, 0.25) is 5.91 Å². The van der Waals surface area contributed by atoms with Crippen LogP contribution in [0.4, 0.5) is 0 Å². The van der Waals surface area contributed by atoms with E-state index in [1.54, 1.807) is 0 Å². The van der Waals surface area contributed by atoms with Crippen molar-refractivity contribution in [3.8, 4) is 0 Å². The molecule has 4 aliphatic rings. The van der Waals surface area contributed by atoms with Crippen LogP contribution in [0.2, 0.25) is 0 Å². The lowest BCUT2D eigenvalue weighted by molar-refractivity contribution is -0.135. The third kappa shape index (κ3) is 2.94. The maximum absolute atomic E-state index is 12.5. The van der Waals surface area contributed by atoms with Gasteiger partial charge in [-0.3, -0.25) is 9.69 Å².